The lowest BCUT2D eigenvalue weighted by Gasteiger charge is -2.05. The van der Waals surface area contributed by atoms with Gasteiger partial charge in [-0.05, 0) is 50.0 Å². The zero-order valence-corrected chi connectivity index (χ0v) is 24.5. The Kier molecular flexibility index (Phi) is 25.8. The average molecular weight is 545 g/mol. The van der Waals surface area contributed by atoms with E-state index in [0.717, 1.165) is 50.0 Å². The van der Waals surface area contributed by atoms with Crippen LogP contribution in [0.15, 0.2) is 22.2 Å². The van der Waals surface area contributed by atoms with Gasteiger partial charge in [0.1, 0.15) is 0 Å². The molecule has 8 heteroatoms. The van der Waals surface area contributed by atoms with Crippen LogP contribution in [0.5, 0.6) is 0 Å². The molecule has 0 heterocycles. The fourth-order valence-electron chi connectivity index (χ4n) is 3.45. The summed E-state index contributed by atoms with van der Waals surface area (Å²) in [5, 5.41) is 1.04. The molecule has 0 bridgehead atoms. The van der Waals surface area contributed by atoms with E-state index < -0.39 is 0 Å². The minimum atomic E-state index is -0.379. The third-order valence-electron chi connectivity index (χ3n) is 5.58. The number of esters is 2. The van der Waals surface area contributed by atoms with Gasteiger partial charge in [-0.1, -0.05) is 78.1 Å². The smallest absolute Gasteiger partial charge is 0.333 e. The zero-order valence-electron chi connectivity index (χ0n) is 22.9. The molecule has 6 nitrogen and oxygen atoms in total. The Balaban J connectivity index is 3.62. The molecule has 0 aromatic heterocycles. The van der Waals surface area contributed by atoms with Gasteiger partial charge in [-0.15, -0.1) is 23.5 Å². The highest BCUT2D eigenvalue weighted by Gasteiger charge is 2.03. The number of unbranched alkanes of at least 4 members (excludes halogenated alkanes) is 13. The Labute approximate surface area is 229 Å². The normalized spacial score (nSPS) is 12.1. The minimum Gasteiger partial charge on any atom is -0.462 e. The molecule has 0 aromatic carbocycles. The van der Waals surface area contributed by atoms with Crippen molar-refractivity contribution in [1.29, 1.82) is 0 Å². The van der Waals surface area contributed by atoms with E-state index in [1.807, 2.05) is 0 Å². The molecule has 0 rings (SSSR count). The molecule has 0 unspecified atom stereocenters. The molecule has 0 amide bonds. The predicted molar refractivity (Wildman–Crippen MR) is 157 cm³/mol. The van der Waals surface area contributed by atoms with E-state index in [1.165, 1.54) is 99.9 Å². The Hall–Kier alpha value is -1.28. The van der Waals surface area contributed by atoms with Crippen molar-refractivity contribution < 1.29 is 19.1 Å². The summed E-state index contributed by atoms with van der Waals surface area (Å²) in [4.78, 5) is 23.7. The molecule has 0 saturated carbocycles. The minimum absolute atomic E-state index is 0.375. The van der Waals surface area contributed by atoms with Gasteiger partial charge >= 0.3 is 11.9 Å². The summed E-state index contributed by atoms with van der Waals surface area (Å²) >= 11 is 3.04. The molecule has 0 saturated heterocycles. The van der Waals surface area contributed by atoms with E-state index in [9.17, 15) is 9.59 Å². The van der Waals surface area contributed by atoms with E-state index in [0.29, 0.717) is 23.3 Å². The lowest BCUT2D eigenvalue weighted by molar-refractivity contribution is -0.139. The molecule has 0 aliphatic heterocycles. The van der Waals surface area contributed by atoms with Crippen molar-refractivity contribution in [3.8, 4) is 0 Å². The van der Waals surface area contributed by atoms with Crippen LogP contribution in [0.1, 0.15) is 117 Å². The maximum Gasteiger partial charge on any atom is 0.333 e. The van der Waals surface area contributed by atoms with Crippen molar-refractivity contribution >= 4 is 35.5 Å². The summed E-state index contributed by atoms with van der Waals surface area (Å²) in [6, 6.07) is 0. The molecular formula is C28H52N2O4S2. The molecule has 0 radical (unpaired) electrons. The van der Waals surface area contributed by atoms with Gasteiger partial charge in [0.05, 0.1) is 35.4 Å². The zero-order chi connectivity index (χ0) is 26.7. The predicted octanol–water partition coefficient (Wildman–Crippen LogP) is 7.42. The Morgan fingerprint density at radius 2 is 0.889 bits per heavy atom. The van der Waals surface area contributed by atoms with E-state index in [4.69, 9.17) is 20.9 Å². The summed E-state index contributed by atoms with van der Waals surface area (Å²) in [5.41, 5.74) is 11.8. The summed E-state index contributed by atoms with van der Waals surface area (Å²) in [7, 11) is 0. The van der Waals surface area contributed by atoms with Gasteiger partial charge in [0, 0.05) is 0 Å². The second-order valence-electron chi connectivity index (χ2n) is 9.08. The van der Waals surface area contributed by atoms with Crippen LogP contribution in [-0.4, -0.2) is 36.7 Å². The highest BCUT2D eigenvalue weighted by atomic mass is 32.2. The highest BCUT2D eigenvalue weighted by molar-refractivity contribution is 8.03. The summed E-state index contributed by atoms with van der Waals surface area (Å²) in [5.74, 6) is 1.12. The first kappa shape index (κ1) is 34.7. The average Bonchev–Trinajstić information content (AvgIpc) is 2.84. The Morgan fingerprint density at radius 3 is 1.28 bits per heavy atom. The van der Waals surface area contributed by atoms with Crippen LogP contribution in [0.25, 0.3) is 0 Å². The molecule has 210 valence electrons. The van der Waals surface area contributed by atoms with E-state index in [1.54, 1.807) is 0 Å². The molecule has 0 spiro atoms. The lowest BCUT2D eigenvalue weighted by Crippen LogP contribution is -2.07. The SMILES string of the molecule is CCCCCCCCSC(N)=CC(=O)OCCCCCCOC(=O)C=C(N)SCCCCCCCC. The van der Waals surface area contributed by atoms with Crippen LogP contribution in [0, 0.1) is 0 Å². The van der Waals surface area contributed by atoms with Crippen LogP contribution in [0.2, 0.25) is 0 Å². The summed E-state index contributed by atoms with van der Waals surface area (Å²) in [6.07, 6.45) is 21.1. The van der Waals surface area contributed by atoms with Crippen molar-refractivity contribution in [2.24, 2.45) is 11.5 Å². The van der Waals surface area contributed by atoms with E-state index >= 15 is 0 Å². The number of hydrogen-bond acceptors (Lipinski definition) is 8. The van der Waals surface area contributed by atoms with Gasteiger partial charge in [0.15, 0.2) is 0 Å². The molecule has 0 aliphatic carbocycles. The topological polar surface area (TPSA) is 105 Å². The van der Waals surface area contributed by atoms with E-state index in [-0.39, 0.29) is 11.9 Å². The quantitative estimate of drug-likeness (QED) is 0.0695. The maximum absolute atomic E-state index is 11.8. The first-order valence-corrected chi connectivity index (χ1v) is 16.0. The monoisotopic (exact) mass is 544 g/mol. The molecule has 0 fully saturated rings. The fourth-order valence-corrected chi connectivity index (χ4v) is 4.97. The third-order valence-corrected chi connectivity index (χ3v) is 7.47. The fraction of sp³-hybridized carbons (Fsp3) is 0.786. The molecule has 0 aliphatic rings. The largest absolute Gasteiger partial charge is 0.462 e. The number of rotatable bonds is 25. The Morgan fingerprint density at radius 1 is 0.556 bits per heavy atom. The van der Waals surface area contributed by atoms with Crippen LogP contribution in [-0.2, 0) is 19.1 Å². The molecule has 0 aromatic rings. The van der Waals surface area contributed by atoms with Gasteiger partial charge < -0.3 is 20.9 Å². The van der Waals surface area contributed by atoms with Crippen LogP contribution >= 0.6 is 23.5 Å². The second kappa shape index (κ2) is 26.8. The number of ether oxygens (including phenoxy) is 2. The second-order valence-corrected chi connectivity index (χ2v) is 11.4. The van der Waals surface area contributed by atoms with Crippen molar-refractivity contribution in [3.05, 3.63) is 22.2 Å². The number of carbonyl (C=O) groups excluding carboxylic acids is 2. The van der Waals surface area contributed by atoms with Gasteiger partial charge in [-0.3, -0.25) is 0 Å². The van der Waals surface area contributed by atoms with Gasteiger partial charge in [0.25, 0.3) is 0 Å². The number of carbonyl (C=O) groups is 2. The molecule has 0 atom stereocenters. The van der Waals surface area contributed by atoms with Gasteiger partial charge in [-0.2, -0.15) is 0 Å². The van der Waals surface area contributed by atoms with Crippen LogP contribution in [0.3, 0.4) is 0 Å². The van der Waals surface area contributed by atoms with Crippen molar-refractivity contribution in [3.63, 3.8) is 0 Å². The molecule has 36 heavy (non-hydrogen) atoms. The van der Waals surface area contributed by atoms with Crippen molar-refractivity contribution in [1.82, 2.24) is 0 Å². The standard InChI is InChI=1S/C28H52N2O4S2/c1-3-5-7-9-13-17-21-35-25(29)23-27(31)33-19-15-11-12-16-20-34-28(32)24-26(30)36-22-18-14-10-8-6-4-2/h23-24H,3-22,29-30H2,1-2H3. The van der Waals surface area contributed by atoms with Crippen molar-refractivity contribution in [2.45, 2.75) is 117 Å². The summed E-state index contributed by atoms with van der Waals surface area (Å²) < 4.78 is 10.4. The van der Waals surface area contributed by atoms with E-state index in [2.05, 4.69) is 13.8 Å². The first-order chi connectivity index (χ1) is 17.5. The van der Waals surface area contributed by atoms with Crippen LogP contribution < -0.4 is 11.5 Å². The molecular weight excluding hydrogens is 492 g/mol. The first-order valence-electron chi connectivity index (χ1n) is 14.0. The van der Waals surface area contributed by atoms with Crippen LogP contribution in [0.4, 0.5) is 0 Å². The van der Waals surface area contributed by atoms with Crippen molar-refractivity contribution in [2.75, 3.05) is 24.7 Å². The highest BCUT2D eigenvalue weighted by Crippen LogP contribution is 2.15. The Bertz CT molecular complexity index is 560. The maximum atomic E-state index is 11.8. The number of thioether (sulfide) groups is 2. The number of nitrogens with two attached hydrogens (primary N) is 2. The summed E-state index contributed by atoms with van der Waals surface area (Å²) in [6.45, 7) is 5.18. The third kappa shape index (κ3) is 25.8. The number of hydrogen-bond donors (Lipinski definition) is 2. The molecule has 4 N–H and O–H groups in total. The van der Waals surface area contributed by atoms with Gasteiger partial charge in [0.2, 0.25) is 0 Å². The lowest BCUT2D eigenvalue weighted by atomic mass is 10.1. The van der Waals surface area contributed by atoms with Gasteiger partial charge in [-0.25, -0.2) is 9.59 Å².